The Hall–Kier alpha value is -0.260. The van der Waals surface area contributed by atoms with Gasteiger partial charge in [-0.15, -0.1) is 0 Å². The van der Waals surface area contributed by atoms with E-state index in [-0.39, 0.29) is 0 Å². The van der Waals surface area contributed by atoms with Crippen molar-refractivity contribution >= 4 is 0 Å². The van der Waals surface area contributed by atoms with Crippen molar-refractivity contribution in [2.24, 2.45) is 41.4 Å². The van der Waals surface area contributed by atoms with Gasteiger partial charge >= 0.3 is 0 Å². The lowest BCUT2D eigenvalue weighted by Gasteiger charge is -2.49. The molecule has 4 aliphatic rings. The summed E-state index contributed by atoms with van der Waals surface area (Å²) in [6.45, 7) is 4.76. The normalized spacial score (nSPS) is 41.5. The molecule has 0 bridgehead atoms. The minimum Gasteiger partial charge on any atom is -0.0847 e. The van der Waals surface area contributed by atoms with Gasteiger partial charge < -0.3 is 0 Å². The van der Waals surface area contributed by atoms with Crippen LogP contribution in [0.3, 0.4) is 0 Å². The lowest BCUT2D eigenvalue weighted by atomic mass is 9.56. The van der Waals surface area contributed by atoms with E-state index in [4.69, 9.17) is 0 Å². The maximum absolute atomic E-state index is 2.73. The minimum atomic E-state index is 0.899. The van der Waals surface area contributed by atoms with Crippen molar-refractivity contribution in [3.63, 3.8) is 0 Å². The predicted octanol–water partition coefficient (Wildman–Crippen LogP) is 7.39. The average Bonchev–Trinajstić information content (AvgIpc) is 3.01. The second kappa shape index (κ2) is 7.55. The van der Waals surface area contributed by atoms with E-state index in [1.165, 1.54) is 51.4 Å². The van der Waals surface area contributed by atoms with E-state index >= 15 is 0 Å². The third-order valence-electron chi connectivity index (χ3n) is 8.44. The molecular formula is C24H40. The number of hydrogen-bond acceptors (Lipinski definition) is 0. The molecule has 0 aromatic rings. The first-order valence-corrected chi connectivity index (χ1v) is 11.4. The summed E-state index contributed by atoms with van der Waals surface area (Å²) >= 11 is 0. The number of hydrogen-bond donors (Lipinski definition) is 0. The summed E-state index contributed by atoms with van der Waals surface area (Å²) in [5, 5.41) is 0. The molecule has 0 aromatic heterocycles. The van der Waals surface area contributed by atoms with E-state index in [2.05, 4.69) is 19.9 Å². The maximum atomic E-state index is 2.73. The molecule has 0 spiro atoms. The summed E-state index contributed by atoms with van der Waals surface area (Å²) in [4.78, 5) is 0. The molecule has 0 N–H and O–H groups in total. The number of fused-ring (bicyclic) bond motifs is 5. The third kappa shape index (κ3) is 3.36. The topological polar surface area (TPSA) is 0 Å². The maximum Gasteiger partial charge on any atom is -0.0172 e. The molecule has 0 aromatic carbocycles. The molecule has 0 heteroatoms. The Bertz CT molecular complexity index is 445. The van der Waals surface area contributed by atoms with Gasteiger partial charge in [0.1, 0.15) is 0 Å². The van der Waals surface area contributed by atoms with Gasteiger partial charge in [0, 0.05) is 0 Å². The summed E-state index contributed by atoms with van der Waals surface area (Å²) in [5.41, 5.74) is 1.89. The van der Waals surface area contributed by atoms with Crippen LogP contribution in [0.2, 0.25) is 0 Å². The van der Waals surface area contributed by atoms with Crippen LogP contribution in [0.1, 0.15) is 97.3 Å². The molecule has 0 radical (unpaired) electrons. The van der Waals surface area contributed by atoms with Crippen LogP contribution in [-0.4, -0.2) is 0 Å². The van der Waals surface area contributed by atoms with Crippen LogP contribution in [0.5, 0.6) is 0 Å². The monoisotopic (exact) mass is 328 g/mol. The Balaban J connectivity index is 1.35. The average molecular weight is 329 g/mol. The van der Waals surface area contributed by atoms with Crippen molar-refractivity contribution in [3.8, 4) is 0 Å². The van der Waals surface area contributed by atoms with Crippen molar-refractivity contribution in [2.45, 2.75) is 97.3 Å². The van der Waals surface area contributed by atoms with Gasteiger partial charge in [0.15, 0.2) is 0 Å². The Morgan fingerprint density at radius 2 is 1.71 bits per heavy atom. The third-order valence-corrected chi connectivity index (χ3v) is 8.44. The summed E-state index contributed by atoms with van der Waals surface area (Å²) in [6, 6.07) is 0. The van der Waals surface area contributed by atoms with Gasteiger partial charge in [-0.05, 0) is 92.8 Å². The van der Waals surface area contributed by atoms with Gasteiger partial charge in [-0.25, -0.2) is 0 Å². The molecule has 4 aliphatic carbocycles. The van der Waals surface area contributed by atoms with E-state index in [0.29, 0.717) is 0 Å². The fourth-order valence-corrected chi connectivity index (χ4v) is 7.34. The van der Waals surface area contributed by atoms with Crippen molar-refractivity contribution < 1.29 is 0 Å². The van der Waals surface area contributed by atoms with Crippen LogP contribution in [0.25, 0.3) is 0 Å². The molecule has 136 valence electrons. The Morgan fingerprint density at radius 3 is 2.58 bits per heavy atom. The molecule has 4 rings (SSSR count). The molecule has 3 fully saturated rings. The zero-order valence-electron chi connectivity index (χ0n) is 16.3. The highest BCUT2D eigenvalue weighted by molar-refractivity contribution is 5.17. The van der Waals surface area contributed by atoms with Crippen molar-refractivity contribution in [2.75, 3.05) is 0 Å². The number of rotatable bonds is 5. The Labute approximate surface area is 150 Å². The number of allylic oxidation sites excluding steroid dienone is 2. The van der Waals surface area contributed by atoms with Crippen LogP contribution in [0.4, 0.5) is 0 Å². The Kier molecular flexibility index (Phi) is 5.40. The minimum absolute atomic E-state index is 0.899. The van der Waals surface area contributed by atoms with E-state index in [1.807, 2.05) is 5.57 Å². The summed E-state index contributed by atoms with van der Waals surface area (Å²) in [6.07, 6.45) is 22.4. The molecule has 6 atom stereocenters. The first-order valence-electron chi connectivity index (χ1n) is 11.4. The van der Waals surface area contributed by atoms with E-state index in [1.54, 1.807) is 32.1 Å². The van der Waals surface area contributed by atoms with E-state index < -0.39 is 0 Å². The van der Waals surface area contributed by atoms with Gasteiger partial charge in [0.2, 0.25) is 0 Å². The zero-order chi connectivity index (χ0) is 16.5. The predicted molar refractivity (Wildman–Crippen MR) is 104 cm³/mol. The SMILES string of the molecule is CC(C)CCCCC1CCC2C1CCC1C3CCCCC3=CCC12. The van der Waals surface area contributed by atoms with Crippen LogP contribution in [0, 0.1) is 41.4 Å². The standard InChI is InChI=1S/C24H40/c1-17(2)7-3-4-8-19-11-13-22-21(19)15-16-23-20-10-6-5-9-18(20)12-14-24(22)23/h12,17,19-24H,3-11,13-16H2,1-2H3. The summed E-state index contributed by atoms with van der Waals surface area (Å²) in [5.74, 6) is 7.41. The smallest absolute Gasteiger partial charge is 0.0172 e. The first kappa shape index (κ1) is 17.2. The van der Waals surface area contributed by atoms with Crippen molar-refractivity contribution in [1.29, 1.82) is 0 Å². The van der Waals surface area contributed by atoms with E-state index in [0.717, 1.165) is 41.4 Å². The van der Waals surface area contributed by atoms with Gasteiger partial charge in [0.05, 0.1) is 0 Å². The van der Waals surface area contributed by atoms with Gasteiger partial charge in [-0.1, -0.05) is 57.6 Å². The molecule has 24 heavy (non-hydrogen) atoms. The van der Waals surface area contributed by atoms with Gasteiger partial charge in [-0.3, -0.25) is 0 Å². The molecule has 0 amide bonds. The lowest BCUT2D eigenvalue weighted by molar-refractivity contribution is 0.0494. The molecule has 0 aliphatic heterocycles. The molecule has 6 unspecified atom stereocenters. The van der Waals surface area contributed by atoms with Crippen LogP contribution in [-0.2, 0) is 0 Å². The van der Waals surface area contributed by atoms with Gasteiger partial charge in [0.25, 0.3) is 0 Å². The van der Waals surface area contributed by atoms with Crippen molar-refractivity contribution in [3.05, 3.63) is 11.6 Å². The summed E-state index contributed by atoms with van der Waals surface area (Å²) < 4.78 is 0. The highest BCUT2D eigenvalue weighted by Gasteiger charge is 2.48. The fraction of sp³-hybridized carbons (Fsp3) is 0.917. The molecule has 0 nitrogen and oxygen atoms in total. The fourth-order valence-electron chi connectivity index (χ4n) is 7.34. The quantitative estimate of drug-likeness (QED) is 0.364. The molecule has 0 saturated heterocycles. The highest BCUT2D eigenvalue weighted by Crippen LogP contribution is 2.58. The molecule has 0 heterocycles. The molecule has 3 saturated carbocycles. The summed E-state index contributed by atoms with van der Waals surface area (Å²) in [7, 11) is 0. The van der Waals surface area contributed by atoms with Gasteiger partial charge in [-0.2, -0.15) is 0 Å². The second-order valence-corrected chi connectivity index (χ2v) is 10.1. The first-order chi connectivity index (χ1) is 11.7. The van der Waals surface area contributed by atoms with Crippen molar-refractivity contribution in [1.82, 2.24) is 0 Å². The zero-order valence-corrected chi connectivity index (χ0v) is 16.3. The largest absolute Gasteiger partial charge is 0.0847 e. The highest BCUT2D eigenvalue weighted by atomic mass is 14.5. The van der Waals surface area contributed by atoms with E-state index in [9.17, 15) is 0 Å². The van der Waals surface area contributed by atoms with Crippen LogP contribution in [0.15, 0.2) is 11.6 Å². The molecular weight excluding hydrogens is 288 g/mol. The lowest BCUT2D eigenvalue weighted by Crippen LogP contribution is -2.40. The van der Waals surface area contributed by atoms with Crippen LogP contribution >= 0.6 is 0 Å². The second-order valence-electron chi connectivity index (χ2n) is 10.1. The van der Waals surface area contributed by atoms with Crippen LogP contribution < -0.4 is 0 Å². The number of unbranched alkanes of at least 4 members (excludes halogenated alkanes) is 1. The Morgan fingerprint density at radius 1 is 0.875 bits per heavy atom.